The number of nitrogens with zero attached hydrogens (tertiary/aromatic N) is 2. The number of hydrogen-bond donors (Lipinski definition) is 3. The number of nitrogens with one attached hydrogen (secondary N) is 2. The molecule has 0 saturated carbocycles. The van der Waals surface area contributed by atoms with Gasteiger partial charge in [-0.15, -0.1) is 0 Å². The van der Waals surface area contributed by atoms with Crippen LogP contribution in [-0.2, 0) is 28.1 Å². The van der Waals surface area contributed by atoms with Crippen LogP contribution >= 0.6 is 11.3 Å². The SMILES string of the molecule is NS(=O)(=O)N1Cc2[nH]nc(NC(=O)/C=C\c3ccsc3)c2C1. The van der Waals surface area contributed by atoms with Crippen molar-refractivity contribution in [3.05, 3.63) is 39.7 Å². The summed E-state index contributed by atoms with van der Waals surface area (Å²) in [6, 6.07) is 1.89. The molecule has 8 nitrogen and oxygen atoms in total. The van der Waals surface area contributed by atoms with E-state index in [2.05, 4.69) is 15.5 Å². The summed E-state index contributed by atoms with van der Waals surface area (Å²) in [5.41, 5.74) is 2.20. The topological polar surface area (TPSA) is 121 Å². The molecule has 22 heavy (non-hydrogen) atoms. The van der Waals surface area contributed by atoms with Crippen molar-refractivity contribution in [2.75, 3.05) is 5.32 Å². The zero-order valence-corrected chi connectivity index (χ0v) is 12.9. The minimum Gasteiger partial charge on any atom is -0.305 e. The third-order valence-corrected chi connectivity index (χ3v) is 4.87. The molecule has 3 heterocycles. The van der Waals surface area contributed by atoms with Crippen LogP contribution < -0.4 is 10.5 Å². The standard InChI is InChI=1S/C12H13N5O3S2/c13-22(19,20)17-5-9-10(6-17)15-16-12(9)14-11(18)2-1-8-3-4-21-7-8/h1-4,7H,5-6H2,(H2,13,19,20)(H2,14,15,16,18)/b2-1-. The lowest BCUT2D eigenvalue weighted by Crippen LogP contribution is -2.32. The summed E-state index contributed by atoms with van der Waals surface area (Å²) in [4.78, 5) is 11.9. The molecular formula is C12H13N5O3S2. The number of carbonyl (C=O) groups excluding carboxylic acids is 1. The zero-order valence-electron chi connectivity index (χ0n) is 11.3. The molecule has 1 aliphatic rings. The highest BCUT2D eigenvalue weighted by molar-refractivity contribution is 7.86. The molecule has 0 aromatic carbocycles. The van der Waals surface area contributed by atoms with Gasteiger partial charge in [-0.3, -0.25) is 9.89 Å². The maximum absolute atomic E-state index is 11.9. The Bertz CT molecular complexity index is 823. The Balaban J connectivity index is 1.70. The van der Waals surface area contributed by atoms with Gasteiger partial charge in [-0.25, -0.2) is 5.14 Å². The number of anilines is 1. The number of fused-ring (bicyclic) bond motifs is 1. The molecule has 0 fully saturated rings. The molecular weight excluding hydrogens is 326 g/mol. The smallest absolute Gasteiger partial charge is 0.277 e. The van der Waals surface area contributed by atoms with Crippen molar-refractivity contribution in [1.29, 1.82) is 0 Å². The highest BCUT2D eigenvalue weighted by Crippen LogP contribution is 2.28. The van der Waals surface area contributed by atoms with Gasteiger partial charge >= 0.3 is 0 Å². The number of hydrogen-bond acceptors (Lipinski definition) is 5. The highest BCUT2D eigenvalue weighted by atomic mass is 32.2. The normalized spacial score (nSPS) is 15.3. The predicted octanol–water partition coefficient (Wildman–Crippen LogP) is 0.642. The highest BCUT2D eigenvalue weighted by Gasteiger charge is 2.31. The molecule has 3 rings (SSSR count). The first-order chi connectivity index (χ1) is 10.4. The fraction of sp³-hybridized carbons (Fsp3) is 0.167. The molecule has 2 aromatic rings. The van der Waals surface area contributed by atoms with Crippen LogP contribution in [0.3, 0.4) is 0 Å². The summed E-state index contributed by atoms with van der Waals surface area (Å²) >= 11 is 1.54. The summed E-state index contributed by atoms with van der Waals surface area (Å²) in [6.07, 6.45) is 3.09. The number of nitrogens with two attached hydrogens (primary N) is 1. The van der Waals surface area contributed by atoms with Gasteiger partial charge in [-0.2, -0.15) is 29.2 Å². The third-order valence-electron chi connectivity index (χ3n) is 3.19. The van der Waals surface area contributed by atoms with E-state index in [0.29, 0.717) is 17.1 Å². The average Bonchev–Trinajstić information content (AvgIpc) is 3.13. The second-order valence-corrected chi connectivity index (χ2v) is 7.05. The van der Waals surface area contributed by atoms with Gasteiger partial charge in [0.2, 0.25) is 5.91 Å². The monoisotopic (exact) mass is 339 g/mol. The van der Waals surface area contributed by atoms with Crippen molar-refractivity contribution >= 4 is 39.3 Å². The summed E-state index contributed by atoms with van der Waals surface area (Å²) in [7, 11) is -3.77. The molecule has 10 heteroatoms. The number of carbonyl (C=O) groups is 1. The quantitative estimate of drug-likeness (QED) is 0.708. The van der Waals surface area contributed by atoms with E-state index < -0.39 is 10.2 Å². The van der Waals surface area contributed by atoms with Crippen LogP contribution in [0.2, 0.25) is 0 Å². The van der Waals surface area contributed by atoms with Gasteiger partial charge in [0.15, 0.2) is 5.82 Å². The third kappa shape index (κ3) is 3.09. The Morgan fingerprint density at radius 2 is 2.32 bits per heavy atom. The van der Waals surface area contributed by atoms with Crippen LogP contribution in [0.15, 0.2) is 22.9 Å². The number of H-pyrrole nitrogens is 1. The largest absolute Gasteiger partial charge is 0.305 e. The van der Waals surface area contributed by atoms with Gasteiger partial charge in [0.1, 0.15) is 0 Å². The first-order valence-corrected chi connectivity index (χ1v) is 8.73. The van der Waals surface area contributed by atoms with E-state index in [0.717, 1.165) is 9.87 Å². The first-order valence-electron chi connectivity index (χ1n) is 6.29. The van der Waals surface area contributed by atoms with Crippen LogP contribution in [0.5, 0.6) is 0 Å². The van der Waals surface area contributed by atoms with Gasteiger partial charge < -0.3 is 5.32 Å². The number of amides is 1. The number of aromatic amines is 1. The molecule has 1 aliphatic heterocycles. The molecule has 0 unspecified atom stereocenters. The molecule has 4 N–H and O–H groups in total. The number of thiophene rings is 1. The van der Waals surface area contributed by atoms with Crippen molar-refractivity contribution in [2.24, 2.45) is 5.14 Å². The molecule has 0 radical (unpaired) electrons. The Morgan fingerprint density at radius 3 is 3.00 bits per heavy atom. The maximum Gasteiger partial charge on any atom is 0.277 e. The Kier molecular flexibility index (Phi) is 3.83. The van der Waals surface area contributed by atoms with Crippen molar-refractivity contribution in [3.8, 4) is 0 Å². The fourth-order valence-electron chi connectivity index (χ4n) is 2.09. The summed E-state index contributed by atoms with van der Waals surface area (Å²) in [5, 5.41) is 18.3. The van der Waals surface area contributed by atoms with E-state index in [-0.39, 0.29) is 19.0 Å². The van der Waals surface area contributed by atoms with Crippen molar-refractivity contribution in [1.82, 2.24) is 14.5 Å². The van der Waals surface area contributed by atoms with E-state index in [9.17, 15) is 13.2 Å². The Hall–Kier alpha value is -2.01. The first kappa shape index (κ1) is 14.9. The molecule has 0 atom stereocenters. The van der Waals surface area contributed by atoms with Crippen molar-refractivity contribution < 1.29 is 13.2 Å². The van der Waals surface area contributed by atoms with E-state index in [1.807, 2.05) is 16.8 Å². The lowest BCUT2D eigenvalue weighted by atomic mass is 10.2. The van der Waals surface area contributed by atoms with Gasteiger partial charge in [0.25, 0.3) is 10.2 Å². The second-order valence-electron chi connectivity index (χ2n) is 4.72. The fourth-order valence-corrected chi connectivity index (χ4v) is 3.34. The van der Waals surface area contributed by atoms with Crippen molar-refractivity contribution in [3.63, 3.8) is 0 Å². The van der Waals surface area contributed by atoms with E-state index >= 15 is 0 Å². The van der Waals surface area contributed by atoms with E-state index in [1.165, 1.54) is 6.08 Å². The lowest BCUT2D eigenvalue weighted by molar-refractivity contribution is -0.111. The molecule has 0 aliphatic carbocycles. The average molecular weight is 339 g/mol. The Morgan fingerprint density at radius 1 is 1.50 bits per heavy atom. The summed E-state index contributed by atoms with van der Waals surface area (Å²) in [6.45, 7) is 0.219. The van der Waals surface area contributed by atoms with Crippen LogP contribution in [-0.4, -0.2) is 28.8 Å². The second kappa shape index (κ2) is 5.65. The summed E-state index contributed by atoms with van der Waals surface area (Å²) < 4.78 is 23.8. The summed E-state index contributed by atoms with van der Waals surface area (Å²) in [5.74, 6) is -0.0179. The van der Waals surface area contributed by atoms with E-state index in [4.69, 9.17) is 5.14 Å². The zero-order chi connectivity index (χ0) is 15.7. The number of rotatable bonds is 4. The number of aromatic nitrogens is 2. The van der Waals surface area contributed by atoms with Gasteiger partial charge in [-0.05, 0) is 28.5 Å². The lowest BCUT2D eigenvalue weighted by Gasteiger charge is -2.10. The van der Waals surface area contributed by atoms with Crippen LogP contribution in [0, 0.1) is 0 Å². The van der Waals surface area contributed by atoms with Gasteiger partial charge in [0, 0.05) is 18.2 Å². The predicted molar refractivity (Wildman–Crippen MR) is 82.9 cm³/mol. The Labute approximate surface area is 130 Å². The molecule has 0 bridgehead atoms. The van der Waals surface area contributed by atoms with Crippen LogP contribution in [0.1, 0.15) is 16.8 Å². The molecule has 0 saturated heterocycles. The van der Waals surface area contributed by atoms with Crippen molar-refractivity contribution in [2.45, 2.75) is 13.1 Å². The minimum absolute atomic E-state index is 0.0918. The van der Waals surface area contributed by atoms with E-state index in [1.54, 1.807) is 17.4 Å². The molecule has 0 spiro atoms. The van der Waals surface area contributed by atoms with Gasteiger partial charge in [0.05, 0.1) is 12.2 Å². The van der Waals surface area contributed by atoms with Crippen LogP contribution in [0.25, 0.3) is 6.08 Å². The molecule has 1 amide bonds. The van der Waals surface area contributed by atoms with Gasteiger partial charge in [-0.1, -0.05) is 0 Å². The maximum atomic E-state index is 11.9. The minimum atomic E-state index is -3.77. The van der Waals surface area contributed by atoms with Crippen LogP contribution in [0.4, 0.5) is 5.82 Å². The molecule has 116 valence electrons. The molecule has 2 aromatic heterocycles.